The van der Waals surface area contributed by atoms with Gasteiger partial charge in [-0.25, -0.2) is 0 Å². The molecule has 2 rings (SSSR count). The molecule has 112 valence electrons. The summed E-state index contributed by atoms with van der Waals surface area (Å²) in [6.45, 7) is 3.22. The fourth-order valence-corrected chi connectivity index (χ4v) is 3.10. The first kappa shape index (κ1) is 16.5. The van der Waals surface area contributed by atoms with Crippen molar-refractivity contribution in [2.24, 2.45) is 0 Å². The fraction of sp³-hybridized carbons (Fsp3) is 0.333. The molecule has 0 aliphatic carbocycles. The van der Waals surface area contributed by atoms with Crippen molar-refractivity contribution in [1.29, 1.82) is 0 Å². The number of benzene rings is 2. The van der Waals surface area contributed by atoms with Gasteiger partial charge in [0.15, 0.2) is 0 Å². The van der Waals surface area contributed by atoms with Crippen molar-refractivity contribution in [2.75, 3.05) is 6.54 Å². The van der Waals surface area contributed by atoms with E-state index < -0.39 is 0 Å². The number of hydrogen-bond donors (Lipinski definition) is 1. The zero-order valence-electron chi connectivity index (χ0n) is 12.3. The molecular formula is C18H21BrClN. The van der Waals surface area contributed by atoms with E-state index in [4.69, 9.17) is 11.6 Å². The molecule has 0 aliphatic rings. The quantitative estimate of drug-likeness (QED) is 0.705. The Morgan fingerprint density at radius 3 is 2.62 bits per heavy atom. The Morgan fingerprint density at radius 2 is 1.90 bits per heavy atom. The third-order valence-electron chi connectivity index (χ3n) is 3.48. The van der Waals surface area contributed by atoms with Crippen molar-refractivity contribution < 1.29 is 0 Å². The zero-order chi connectivity index (χ0) is 15.1. The first-order valence-corrected chi connectivity index (χ1v) is 8.57. The first-order valence-electron chi connectivity index (χ1n) is 7.40. The van der Waals surface area contributed by atoms with Crippen molar-refractivity contribution in [3.05, 3.63) is 69.2 Å². The van der Waals surface area contributed by atoms with Crippen LogP contribution < -0.4 is 5.32 Å². The van der Waals surface area contributed by atoms with Gasteiger partial charge in [0, 0.05) is 15.5 Å². The number of rotatable bonds is 7. The lowest BCUT2D eigenvalue weighted by Gasteiger charge is -2.19. The smallest absolute Gasteiger partial charge is 0.0438 e. The molecule has 3 heteroatoms. The molecule has 0 fully saturated rings. The van der Waals surface area contributed by atoms with Gasteiger partial charge >= 0.3 is 0 Å². The average molecular weight is 367 g/mol. The molecule has 0 aliphatic heterocycles. The van der Waals surface area contributed by atoms with E-state index in [9.17, 15) is 0 Å². The van der Waals surface area contributed by atoms with Crippen LogP contribution in [0.4, 0.5) is 0 Å². The summed E-state index contributed by atoms with van der Waals surface area (Å²) in [6.07, 6.45) is 3.09. The molecule has 1 unspecified atom stereocenters. The lowest BCUT2D eigenvalue weighted by Crippen LogP contribution is -2.33. The highest BCUT2D eigenvalue weighted by Gasteiger charge is 2.12. The van der Waals surface area contributed by atoms with Gasteiger partial charge in [0.1, 0.15) is 0 Å². The van der Waals surface area contributed by atoms with Crippen LogP contribution in [-0.2, 0) is 12.8 Å². The summed E-state index contributed by atoms with van der Waals surface area (Å²) in [6, 6.07) is 17.0. The summed E-state index contributed by atoms with van der Waals surface area (Å²) in [4.78, 5) is 0. The van der Waals surface area contributed by atoms with E-state index in [1.54, 1.807) is 0 Å². The maximum atomic E-state index is 6.30. The first-order chi connectivity index (χ1) is 10.2. The van der Waals surface area contributed by atoms with Crippen molar-refractivity contribution in [3.8, 4) is 0 Å². The molecule has 0 bridgehead atoms. The third-order valence-corrected chi connectivity index (χ3v) is 4.34. The standard InChI is InChI=1S/C18H21BrClN/c1-2-10-21-17(12-14-6-5-8-16(19)11-14)13-15-7-3-4-9-18(15)20/h3-9,11,17,21H,2,10,12-13H2,1H3. The Morgan fingerprint density at radius 1 is 1.10 bits per heavy atom. The molecule has 0 heterocycles. The second kappa shape index (κ2) is 8.57. The normalized spacial score (nSPS) is 12.3. The molecule has 0 saturated carbocycles. The largest absolute Gasteiger partial charge is 0.313 e. The summed E-state index contributed by atoms with van der Waals surface area (Å²) in [5, 5.41) is 4.50. The van der Waals surface area contributed by atoms with Crippen molar-refractivity contribution in [3.63, 3.8) is 0 Å². The summed E-state index contributed by atoms with van der Waals surface area (Å²) in [7, 11) is 0. The van der Waals surface area contributed by atoms with Gasteiger partial charge in [-0.2, -0.15) is 0 Å². The van der Waals surface area contributed by atoms with Crippen LogP contribution in [0, 0.1) is 0 Å². The highest BCUT2D eigenvalue weighted by molar-refractivity contribution is 9.10. The maximum Gasteiger partial charge on any atom is 0.0438 e. The van der Waals surface area contributed by atoms with Crippen molar-refractivity contribution >= 4 is 27.5 Å². The monoisotopic (exact) mass is 365 g/mol. The molecule has 0 amide bonds. The lowest BCUT2D eigenvalue weighted by molar-refractivity contribution is 0.505. The highest BCUT2D eigenvalue weighted by atomic mass is 79.9. The Hall–Kier alpha value is -0.830. The topological polar surface area (TPSA) is 12.0 Å². The predicted molar refractivity (Wildman–Crippen MR) is 95.1 cm³/mol. The summed E-state index contributed by atoms with van der Waals surface area (Å²) in [5.74, 6) is 0. The minimum Gasteiger partial charge on any atom is -0.313 e. The molecule has 1 nitrogen and oxygen atoms in total. The third kappa shape index (κ3) is 5.46. The lowest BCUT2D eigenvalue weighted by atomic mass is 9.99. The average Bonchev–Trinajstić information content (AvgIpc) is 2.47. The van der Waals surface area contributed by atoms with Gasteiger partial charge in [-0.05, 0) is 55.1 Å². The van der Waals surface area contributed by atoms with Gasteiger partial charge in [0.25, 0.3) is 0 Å². The summed E-state index contributed by atoms with van der Waals surface area (Å²) in [5.41, 5.74) is 2.55. The van der Waals surface area contributed by atoms with Gasteiger partial charge in [-0.3, -0.25) is 0 Å². The van der Waals surface area contributed by atoms with E-state index >= 15 is 0 Å². The molecule has 0 aromatic heterocycles. The molecular weight excluding hydrogens is 346 g/mol. The van der Waals surface area contributed by atoms with Gasteiger partial charge in [0.05, 0.1) is 0 Å². The minimum absolute atomic E-state index is 0.402. The number of nitrogens with one attached hydrogen (secondary N) is 1. The van der Waals surface area contributed by atoms with Crippen LogP contribution in [0.15, 0.2) is 53.0 Å². The van der Waals surface area contributed by atoms with Crippen LogP contribution in [0.25, 0.3) is 0 Å². The van der Waals surface area contributed by atoms with Crippen LogP contribution >= 0.6 is 27.5 Å². The van der Waals surface area contributed by atoms with Gasteiger partial charge in [-0.15, -0.1) is 0 Å². The Kier molecular flexibility index (Phi) is 6.75. The molecule has 0 radical (unpaired) electrons. The van der Waals surface area contributed by atoms with Crippen LogP contribution in [0.2, 0.25) is 5.02 Å². The number of halogens is 2. The SMILES string of the molecule is CCCNC(Cc1cccc(Br)c1)Cc1ccccc1Cl. The zero-order valence-corrected chi connectivity index (χ0v) is 14.6. The summed E-state index contributed by atoms with van der Waals surface area (Å²) >= 11 is 9.84. The Labute approximate surface area is 140 Å². The molecule has 2 aromatic rings. The van der Waals surface area contributed by atoms with E-state index in [0.29, 0.717) is 6.04 Å². The van der Waals surface area contributed by atoms with E-state index in [-0.39, 0.29) is 0 Å². The predicted octanol–water partition coefficient (Wildman–Crippen LogP) is 5.26. The summed E-state index contributed by atoms with van der Waals surface area (Å²) < 4.78 is 1.13. The Bertz CT molecular complexity index is 571. The van der Waals surface area contributed by atoms with Crippen LogP contribution in [0.5, 0.6) is 0 Å². The molecule has 0 spiro atoms. The molecule has 1 N–H and O–H groups in total. The van der Waals surface area contributed by atoms with E-state index in [2.05, 4.69) is 64.6 Å². The van der Waals surface area contributed by atoms with Gasteiger partial charge < -0.3 is 5.32 Å². The molecule has 1 atom stereocenters. The Balaban J connectivity index is 2.09. The van der Waals surface area contributed by atoms with E-state index in [1.807, 2.05) is 12.1 Å². The fourth-order valence-electron chi connectivity index (χ4n) is 2.44. The molecule has 0 saturated heterocycles. The number of hydrogen-bond acceptors (Lipinski definition) is 1. The van der Waals surface area contributed by atoms with Crippen LogP contribution in [-0.4, -0.2) is 12.6 Å². The van der Waals surface area contributed by atoms with E-state index in [1.165, 1.54) is 11.1 Å². The second-order valence-corrected chi connectivity index (χ2v) is 6.60. The van der Waals surface area contributed by atoms with Crippen LogP contribution in [0.3, 0.4) is 0 Å². The van der Waals surface area contributed by atoms with E-state index in [0.717, 1.165) is 35.3 Å². The molecule has 2 aromatic carbocycles. The van der Waals surface area contributed by atoms with Crippen molar-refractivity contribution in [1.82, 2.24) is 5.32 Å². The van der Waals surface area contributed by atoms with Gasteiger partial charge in [-0.1, -0.05) is 64.8 Å². The second-order valence-electron chi connectivity index (χ2n) is 5.28. The minimum atomic E-state index is 0.402. The maximum absolute atomic E-state index is 6.30. The van der Waals surface area contributed by atoms with Crippen molar-refractivity contribution in [2.45, 2.75) is 32.2 Å². The van der Waals surface area contributed by atoms with Gasteiger partial charge in [0.2, 0.25) is 0 Å². The van der Waals surface area contributed by atoms with Crippen LogP contribution in [0.1, 0.15) is 24.5 Å². The molecule has 21 heavy (non-hydrogen) atoms. The highest BCUT2D eigenvalue weighted by Crippen LogP contribution is 2.19.